The third-order valence-corrected chi connectivity index (χ3v) is 8.85. The molecule has 4 saturated carbocycles. The molecule has 1 aromatic heterocycles. The van der Waals surface area contributed by atoms with Crippen LogP contribution in [-0.2, 0) is 10.2 Å². The monoisotopic (exact) mass is 434 g/mol. The van der Waals surface area contributed by atoms with Gasteiger partial charge in [0.2, 0.25) is 11.0 Å². The van der Waals surface area contributed by atoms with E-state index in [1.54, 1.807) is 22.3 Å². The molecule has 0 radical (unpaired) electrons. The van der Waals surface area contributed by atoms with Gasteiger partial charge in [-0.05, 0) is 62.3 Å². The van der Waals surface area contributed by atoms with Crippen LogP contribution < -0.4 is 5.32 Å². The van der Waals surface area contributed by atoms with Gasteiger partial charge in [0.1, 0.15) is 5.01 Å². The lowest BCUT2D eigenvalue weighted by molar-refractivity contribution is -0.116. The summed E-state index contributed by atoms with van der Waals surface area (Å²) in [5.74, 6) is 2.31. The normalized spacial score (nSPS) is 30.7. The van der Waals surface area contributed by atoms with Crippen molar-refractivity contribution in [2.75, 3.05) is 11.9 Å². The number of nitrogens with one attached hydrogen (secondary N) is 1. The zero-order valence-electron chi connectivity index (χ0n) is 17.5. The average molecular weight is 435 g/mol. The number of benzene rings is 1. The van der Waals surface area contributed by atoms with Crippen molar-refractivity contribution >= 4 is 34.0 Å². The molecule has 0 unspecified atom stereocenters. The summed E-state index contributed by atoms with van der Waals surface area (Å²) in [6.07, 6.45) is 8.10. The van der Waals surface area contributed by atoms with Gasteiger partial charge in [-0.15, -0.1) is 10.2 Å². The van der Waals surface area contributed by atoms with Gasteiger partial charge in [-0.2, -0.15) is 0 Å². The van der Waals surface area contributed by atoms with Gasteiger partial charge in [0.25, 0.3) is 5.91 Å². The fourth-order valence-corrected chi connectivity index (χ4v) is 7.80. The minimum Gasteiger partial charge on any atom is -0.308 e. The molecule has 5 aliphatic rings. The second-order valence-corrected chi connectivity index (χ2v) is 10.8. The number of fused-ring (bicyclic) bond motifs is 1. The van der Waals surface area contributed by atoms with Crippen LogP contribution in [0.15, 0.2) is 30.8 Å². The number of aromatic nitrogens is 2. The first-order valence-corrected chi connectivity index (χ1v) is 12.1. The first-order chi connectivity index (χ1) is 15.0. The number of rotatable bonds is 5. The zero-order chi connectivity index (χ0) is 21.2. The van der Waals surface area contributed by atoms with E-state index >= 15 is 0 Å². The molecular formula is C24H26N4O2S. The smallest absolute Gasteiger partial charge is 0.258 e. The standard InChI is InChI=1S/C24H26N4O2S/c1-14-18-4-2-3-5-19(18)21(30)28(14)7-6-20(29)25-23-27-26-22(31-23)24-11-15-8-16(12-24)10-17(9-15)13-24/h2-5,15-17H,1,6-13H2,(H,25,27,29). The van der Waals surface area contributed by atoms with E-state index in [-0.39, 0.29) is 23.7 Å². The number of hydrogen-bond donors (Lipinski definition) is 1. The summed E-state index contributed by atoms with van der Waals surface area (Å²) in [5, 5.41) is 13.4. The Bertz CT molecular complexity index is 1020. The van der Waals surface area contributed by atoms with E-state index < -0.39 is 0 Å². The van der Waals surface area contributed by atoms with Crippen molar-refractivity contribution in [1.29, 1.82) is 0 Å². The summed E-state index contributed by atoms with van der Waals surface area (Å²) in [6.45, 7) is 4.34. The third kappa shape index (κ3) is 3.13. The molecule has 7 rings (SSSR count). The predicted molar refractivity (Wildman–Crippen MR) is 120 cm³/mol. The number of nitrogens with zero attached hydrogens (tertiary/aromatic N) is 3. The summed E-state index contributed by atoms with van der Waals surface area (Å²) in [6, 6.07) is 7.43. The van der Waals surface area contributed by atoms with Crippen molar-refractivity contribution in [3.8, 4) is 0 Å². The van der Waals surface area contributed by atoms with E-state index in [9.17, 15) is 9.59 Å². The predicted octanol–water partition coefficient (Wildman–Crippen LogP) is 4.46. The van der Waals surface area contributed by atoms with Gasteiger partial charge in [-0.3, -0.25) is 9.59 Å². The molecule has 7 heteroatoms. The Labute approximate surface area is 185 Å². The highest BCUT2D eigenvalue weighted by Crippen LogP contribution is 2.61. The van der Waals surface area contributed by atoms with Crippen LogP contribution in [0.4, 0.5) is 5.13 Å². The SMILES string of the molecule is C=C1c2ccccc2C(=O)N1CCC(=O)Nc1nnc(C23CC4CC(CC(C4)C2)C3)s1. The van der Waals surface area contributed by atoms with Crippen molar-refractivity contribution in [3.05, 3.63) is 47.0 Å². The van der Waals surface area contributed by atoms with Crippen LogP contribution in [0.3, 0.4) is 0 Å². The highest BCUT2D eigenvalue weighted by Gasteiger charge is 2.53. The highest BCUT2D eigenvalue weighted by atomic mass is 32.1. The Kier molecular flexibility index (Phi) is 4.32. The van der Waals surface area contributed by atoms with Crippen LogP contribution in [0.1, 0.15) is 65.9 Å². The summed E-state index contributed by atoms with van der Waals surface area (Å²) in [4.78, 5) is 26.8. The van der Waals surface area contributed by atoms with Gasteiger partial charge in [0.05, 0.1) is 0 Å². The molecule has 2 heterocycles. The molecule has 1 aromatic carbocycles. The highest BCUT2D eigenvalue weighted by molar-refractivity contribution is 7.15. The topological polar surface area (TPSA) is 75.2 Å². The Hall–Kier alpha value is -2.54. The van der Waals surface area contributed by atoms with E-state index in [1.807, 2.05) is 18.2 Å². The minimum atomic E-state index is -0.148. The molecule has 2 amide bonds. The van der Waals surface area contributed by atoms with Crippen molar-refractivity contribution in [2.45, 2.75) is 50.4 Å². The van der Waals surface area contributed by atoms with Crippen LogP contribution in [0.25, 0.3) is 5.70 Å². The first-order valence-electron chi connectivity index (χ1n) is 11.2. The molecule has 4 aliphatic carbocycles. The fourth-order valence-electron chi connectivity index (χ4n) is 6.83. The van der Waals surface area contributed by atoms with E-state index in [1.165, 1.54) is 38.5 Å². The Morgan fingerprint density at radius 3 is 2.39 bits per heavy atom. The number of carbonyl (C=O) groups is 2. The summed E-state index contributed by atoms with van der Waals surface area (Å²) >= 11 is 1.55. The van der Waals surface area contributed by atoms with E-state index in [0.717, 1.165) is 28.3 Å². The van der Waals surface area contributed by atoms with Crippen LogP contribution in [-0.4, -0.2) is 33.5 Å². The lowest BCUT2D eigenvalue weighted by Crippen LogP contribution is -2.48. The van der Waals surface area contributed by atoms with Gasteiger partial charge < -0.3 is 10.2 Å². The summed E-state index contributed by atoms with van der Waals surface area (Å²) in [5.41, 5.74) is 2.35. The van der Waals surface area contributed by atoms with Crippen LogP contribution in [0.2, 0.25) is 0 Å². The fraction of sp³-hybridized carbons (Fsp3) is 0.500. The van der Waals surface area contributed by atoms with Gasteiger partial charge in [-0.25, -0.2) is 0 Å². The molecule has 0 spiro atoms. The molecule has 4 fully saturated rings. The molecule has 160 valence electrons. The Balaban J connectivity index is 1.10. The maximum Gasteiger partial charge on any atom is 0.258 e. The van der Waals surface area contributed by atoms with Gasteiger partial charge in [-0.1, -0.05) is 36.1 Å². The molecule has 31 heavy (non-hydrogen) atoms. The summed E-state index contributed by atoms with van der Waals surface area (Å²) < 4.78 is 0. The Morgan fingerprint density at radius 2 is 1.74 bits per heavy atom. The van der Waals surface area contributed by atoms with Crippen LogP contribution >= 0.6 is 11.3 Å². The largest absolute Gasteiger partial charge is 0.308 e. The van der Waals surface area contributed by atoms with Crippen molar-refractivity contribution in [3.63, 3.8) is 0 Å². The zero-order valence-corrected chi connectivity index (χ0v) is 18.3. The lowest BCUT2D eigenvalue weighted by Gasteiger charge is -2.55. The molecule has 1 N–H and O–H groups in total. The second kappa shape index (κ2) is 6.99. The van der Waals surface area contributed by atoms with Crippen molar-refractivity contribution in [2.24, 2.45) is 17.8 Å². The van der Waals surface area contributed by atoms with Crippen molar-refractivity contribution < 1.29 is 9.59 Å². The number of hydrogen-bond acceptors (Lipinski definition) is 5. The maximum absolute atomic E-state index is 12.6. The lowest BCUT2D eigenvalue weighted by atomic mass is 9.50. The van der Waals surface area contributed by atoms with Crippen LogP contribution in [0.5, 0.6) is 0 Å². The second-order valence-electron chi connectivity index (χ2n) is 9.86. The first kappa shape index (κ1) is 19.2. The molecule has 4 bridgehead atoms. The van der Waals surface area contributed by atoms with Gasteiger partial charge in [0.15, 0.2) is 0 Å². The minimum absolute atomic E-state index is 0.0894. The molecule has 1 aliphatic heterocycles. The van der Waals surface area contributed by atoms with E-state index in [2.05, 4.69) is 22.1 Å². The number of amides is 2. The van der Waals surface area contributed by atoms with Gasteiger partial charge >= 0.3 is 0 Å². The van der Waals surface area contributed by atoms with Gasteiger partial charge in [0, 0.05) is 35.2 Å². The molecule has 0 atom stereocenters. The summed E-state index contributed by atoms with van der Waals surface area (Å²) in [7, 11) is 0. The quantitative estimate of drug-likeness (QED) is 0.754. The third-order valence-electron chi connectivity index (χ3n) is 7.77. The van der Waals surface area contributed by atoms with E-state index in [4.69, 9.17) is 0 Å². The van der Waals surface area contributed by atoms with E-state index in [0.29, 0.717) is 22.9 Å². The van der Waals surface area contributed by atoms with Crippen molar-refractivity contribution in [1.82, 2.24) is 15.1 Å². The molecule has 6 nitrogen and oxygen atoms in total. The van der Waals surface area contributed by atoms with Crippen LogP contribution in [0, 0.1) is 17.8 Å². The molecule has 2 aromatic rings. The number of anilines is 1. The molecular weight excluding hydrogens is 408 g/mol. The Morgan fingerprint density at radius 1 is 1.10 bits per heavy atom. The molecule has 0 saturated heterocycles. The number of carbonyl (C=O) groups excluding carboxylic acids is 2. The maximum atomic E-state index is 12.6. The average Bonchev–Trinajstić information content (AvgIpc) is 3.30.